The number of rotatable bonds is 4. The molecule has 0 radical (unpaired) electrons. The molecule has 1 aliphatic carbocycles. The molecule has 4 heteroatoms. The van der Waals surface area contributed by atoms with Crippen LogP contribution in [0.3, 0.4) is 0 Å². The van der Waals surface area contributed by atoms with Gasteiger partial charge in [-0.1, -0.05) is 44.2 Å². The van der Waals surface area contributed by atoms with E-state index in [9.17, 15) is 4.79 Å². The van der Waals surface area contributed by atoms with E-state index in [-0.39, 0.29) is 17.6 Å². The Kier molecular flexibility index (Phi) is 4.94. The van der Waals surface area contributed by atoms with Gasteiger partial charge in [-0.15, -0.1) is 0 Å². The highest BCUT2D eigenvalue weighted by molar-refractivity contribution is 5.67. The Bertz CT molecular complexity index is 794. The smallest absolute Gasteiger partial charge is 0.405 e. The van der Waals surface area contributed by atoms with Gasteiger partial charge in [-0.25, -0.2) is 4.79 Å². The van der Waals surface area contributed by atoms with Gasteiger partial charge in [0, 0.05) is 5.41 Å². The van der Waals surface area contributed by atoms with Crippen molar-refractivity contribution in [2.45, 2.75) is 52.7 Å². The van der Waals surface area contributed by atoms with Gasteiger partial charge in [0.2, 0.25) is 0 Å². The number of hydrogen-bond acceptors (Lipinski definition) is 3. The Morgan fingerprint density at radius 3 is 2.38 bits per heavy atom. The Balaban J connectivity index is 1.90. The van der Waals surface area contributed by atoms with Crippen molar-refractivity contribution in [2.75, 3.05) is 0 Å². The van der Waals surface area contributed by atoms with E-state index in [0.717, 1.165) is 35.3 Å². The molecule has 0 fully saturated rings. The molecule has 1 atom stereocenters. The van der Waals surface area contributed by atoms with Crippen molar-refractivity contribution in [2.24, 2.45) is 11.1 Å². The van der Waals surface area contributed by atoms with Gasteiger partial charge in [-0.05, 0) is 61.1 Å². The molecule has 0 unspecified atom stereocenters. The van der Waals surface area contributed by atoms with E-state index in [1.807, 2.05) is 26.0 Å². The van der Waals surface area contributed by atoms with E-state index in [1.54, 1.807) is 0 Å². The molecule has 0 saturated carbocycles. The third-order valence-corrected chi connectivity index (χ3v) is 4.97. The highest BCUT2D eigenvalue weighted by Crippen LogP contribution is 2.46. The number of hydrogen-bond donors (Lipinski definition) is 1. The van der Waals surface area contributed by atoms with E-state index in [4.69, 9.17) is 15.2 Å². The van der Waals surface area contributed by atoms with E-state index in [0.29, 0.717) is 0 Å². The van der Waals surface area contributed by atoms with E-state index in [1.165, 1.54) is 5.56 Å². The first-order valence-corrected chi connectivity index (χ1v) is 9.12. The lowest BCUT2D eigenvalue weighted by molar-refractivity contribution is 0.0147. The number of ether oxygens (including phenoxy) is 2. The van der Waals surface area contributed by atoms with Gasteiger partial charge in [0.05, 0.1) is 6.10 Å². The number of carbonyl (C=O) groups excluding carboxylic acids is 1. The molecule has 4 nitrogen and oxygen atoms in total. The summed E-state index contributed by atoms with van der Waals surface area (Å²) in [6.45, 7) is 8.27. The van der Waals surface area contributed by atoms with Crippen LogP contribution in [0.4, 0.5) is 4.79 Å². The zero-order valence-electron chi connectivity index (χ0n) is 15.9. The highest BCUT2D eigenvalue weighted by Gasteiger charge is 2.38. The van der Waals surface area contributed by atoms with Crippen LogP contribution >= 0.6 is 0 Å². The normalized spacial score (nSPS) is 18.3. The zero-order valence-corrected chi connectivity index (χ0v) is 15.9. The zero-order chi connectivity index (χ0) is 18.9. The van der Waals surface area contributed by atoms with Gasteiger partial charge < -0.3 is 15.2 Å². The topological polar surface area (TPSA) is 61.6 Å². The first kappa shape index (κ1) is 18.3. The van der Waals surface area contributed by atoms with Crippen LogP contribution in [0.5, 0.6) is 5.75 Å². The third kappa shape index (κ3) is 3.85. The van der Waals surface area contributed by atoms with Gasteiger partial charge >= 0.3 is 6.09 Å². The predicted molar refractivity (Wildman–Crippen MR) is 103 cm³/mol. The van der Waals surface area contributed by atoms with Crippen LogP contribution in [0.1, 0.15) is 51.3 Å². The average molecular weight is 353 g/mol. The first-order valence-electron chi connectivity index (χ1n) is 9.12. The lowest BCUT2D eigenvalue weighted by Gasteiger charge is -2.39. The molecule has 26 heavy (non-hydrogen) atoms. The molecule has 0 aromatic heterocycles. The fraction of sp³-hybridized carbons (Fsp3) is 0.409. The van der Waals surface area contributed by atoms with Crippen molar-refractivity contribution in [3.63, 3.8) is 0 Å². The minimum Gasteiger partial charge on any atom is -0.491 e. The van der Waals surface area contributed by atoms with Gasteiger partial charge in [0.25, 0.3) is 0 Å². The van der Waals surface area contributed by atoms with Crippen molar-refractivity contribution in [1.82, 2.24) is 0 Å². The summed E-state index contributed by atoms with van der Waals surface area (Å²) in [5.41, 5.74) is 9.74. The number of amides is 1. The number of nitrogens with two attached hydrogens (primary N) is 1. The monoisotopic (exact) mass is 353 g/mol. The lowest BCUT2D eigenvalue weighted by Crippen LogP contribution is -2.33. The summed E-state index contributed by atoms with van der Waals surface area (Å²) in [5.74, 6) is 0.874. The Morgan fingerprint density at radius 2 is 1.77 bits per heavy atom. The Morgan fingerprint density at radius 1 is 1.12 bits per heavy atom. The number of carbonyl (C=O) groups is 1. The first-order chi connectivity index (χ1) is 12.3. The molecule has 0 spiro atoms. The van der Waals surface area contributed by atoms with E-state index < -0.39 is 6.09 Å². The minimum atomic E-state index is -0.722. The van der Waals surface area contributed by atoms with E-state index in [2.05, 4.69) is 44.2 Å². The van der Waals surface area contributed by atoms with Gasteiger partial charge in [-0.2, -0.15) is 0 Å². The molecule has 0 heterocycles. The number of fused-ring (bicyclic) bond motifs is 1. The molecular weight excluding hydrogens is 326 g/mol. The molecular formula is C22H27NO3. The molecule has 0 saturated heterocycles. The number of benzene rings is 2. The van der Waals surface area contributed by atoms with Crippen LogP contribution in [0, 0.1) is 5.41 Å². The maximum absolute atomic E-state index is 11.3. The predicted octanol–water partition coefficient (Wildman–Crippen LogP) is 5.25. The maximum atomic E-state index is 11.3. The lowest BCUT2D eigenvalue weighted by atomic mass is 9.71. The number of aryl methyl sites for hydroxylation is 1. The van der Waals surface area contributed by atoms with Crippen LogP contribution in [-0.2, 0) is 11.2 Å². The third-order valence-electron chi connectivity index (χ3n) is 4.97. The molecule has 1 aliphatic rings. The summed E-state index contributed by atoms with van der Waals surface area (Å²) >= 11 is 0. The molecule has 0 bridgehead atoms. The second kappa shape index (κ2) is 7.02. The fourth-order valence-corrected chi connectivity index (χ4v) is 3.60. The van der Waals surface area contributed by atoms with Crippen molar-refractivity contribution < 1.29 is 14.3 Å². The molecule has 138 valence electrons. The van der Waals surface area contributed by atoms with Gasteiger partial charge in [-0.3, -0.25) is 0 Å². The summed E-state index contributed by atoms with van der Waals surface area (Å²) in [4.78, 5) is 11.3. The van der Waals surface area contributed by atoms with Crippen LogP contribution in [-0.4, -0.2) is 12.2 Å². The number of primary amides is 1. The van der Waals surface area contributed by atoms with Crippen molar-refractivity contribution >= 4 is 6.09 Å². The van der Waals surface area contributed by atoms with Crippen LogP contribution in [0.25, 0.3) is 11.1 Å². The van der Waals surface area contributed by atoms with Crippen molar-refractivity contribution in [3.05, 3.63) is 53.6 Å². The van der Waals surface area contributed by atoms with Crippen LogP contribution in [0.15, 0.2) is 42.5 Å². The van der Waals surface area contributed by atoms with Crippen LogP contribution < -0.4 is 10.5 Å². The quantitative estimate of drug-likeness (QED) is 0.816. The summed E-state index contributed by atoms with van der Waals surface area (Å²) in [5, 5.41) is 0. The molecule has 2 aromatic rings. The standard InChI is InChI=1S/C22H27NO3/c1-14(2)25-18-8-5-15(6-9-18)16-7-10-19-17(13-16)11-12-22(3,4)20(19)26-21(23)24/h5-10,13-14,20H,11-12H2,1-4H3,(H2,23,24)/t20-/m0/s1. The van der Waals surface area contributed by atoms with Crippen molar-refractivity contribution in [1.29, 1.82) is 0 Å². The summed E-state index contributed by atoms with van der Waals surface area (Å²) in [6.07, 6.45) is 1.04. The SMILES string of the molecule is CC(C)Oc1ccc(-c2ccc3c(c2)CCC(C)(C)[C@H]3OC(N)=O)cc1. The van der Waals surface area contributed by atoms with Gasteiger partial charge in [0.15, 0.2) is 0 Å². The Hall–Kier alpha value is -2.49. The second-order valence-corrected chi connectivity index (χ2v) is 7.91. The highest BCUT2D eigenvalue weighted by atomic mass is 16.6. The maximum Gasteiger partial charge on any atom is 0.405 e. The van der Waals surface area contributed by atoms with E-state index >= 15 is 0 Å². The fourth-order valence-electron chi connectivity index (χ4n) is 3.60. The molecule has 3 rings (SSSR count). The molecule has 2 aromatic carbocycles. The summed E-state index contributed by atoms with van der Waals surface area (Å²) in [7, 11) is 0. The largest absolute Gasteiger partial charge is 0.491 e. The summed E-state index contributed by atoms with van der Waals surface area (Å²) in [6, 6.07) is 14.5. The summed E-state index contributed by atoms with van der Waals surface area (Å²) < 4.78 is 11.2. The average Bonchev–Trinajstić information content (AvgIpc) is 2.57. The second-order valence-electron chi connectivity index (χ2n) is 7.91. The van der Waals surface area contributed by atoms with Gasteiger partial charge in [0.1, 0.15) is 11.9 Å². The molecule has 0 aliphatic heterocycles. The minimum absolute atomic E-state index is 0.126. The van der Waals surface area contributed by atoms with Crippen LogP contribution in [0.2, 0.25) is 0 Å². The molecule has 1 amide bonds. The molecule has 2 N–H and O–H groups in total. The van der Waals surface area contributed by atoms with Crippen molar-refractivity contribution in [3.8, 4) is 16.9 Å². The Labute approximate surface area is 155 Å².